The van der Waals surface area contributed by atoms with E-state index in [0.29, 0.717) is 18.8 Å². The largest absolute Gasteiger partial charge is 0.361 e. The number of carbonyl (C=O) groups excluding carboxylic acids is 2. The maximum absolute atomic E-state index is 12.8. The van der Waals surface area contributed by atoms with E-state index in [9.17, 15) is 9.59 Å². The van der Waals surface area contributed by atoms with Crippen molar-refractivity contribution in [2.45, 2.75) is 17.2 Å². The topological polar surface area (TPSA) is 65.2 Å². The van der Waals surface area contributed by atoms with Gasteiger partial charge in [-0.2, -0.15) is 0 Å². The van der Waals surface area contributed by atoms with E-state index in [-0.39, 0.29) is 24.2 Å². The summed E-state index contributed by atoms with van der Waals surface area (Å²) in [5.41, 5.74) is 4.29. The number of anilines is 1. The van der Waals surface area contributed by atoms with Crippen molar-refractivity contribution in [3.8, 4) is 0 Å². The number of benzene rings is 3. The van der Waals surface area contributed by atoms with Crippen LogP contribution in [0.3, 0.4) is 0 Å². The van der Waals surface area contributed by atoms with Crippen molar-refractivity contribution in [1.29, 1.82) is 0 Å². The summed E-state index contributed by atoms with van der Waals surface area (Å²) >= 11 is 1.55. The minimum Gasteiger partial charge on any atom is -0.361 e. The van der Waals surface area contributed by atoms with Crippen LogP contribution in [0.1, 0.15) is 23.5 Å². The standard InChI is InChI=1S/C27H25N3O2S/c31-26(14-15-30-24-12-6-7-13-25(24)33-18-27(30)32)29-16-21(19-8-2-1-3-9-19)22-17-28-23-11-5-4-10-20(22)23/h1-13,17,21,28H,14-16,18H2,(H,29,31). The van der Waals surface area contributed by atoms with Gasteiger partial charge in [-0.3, -0.25) is 9.59 Å². The van der Waals surface area contributed by atoms with Crippen molar-refractivity contribution in [2.24, 2.45) is 0 Å². The average Bonchev–Trinajstić information content (AvgIpc) is 3.28. The highest BCUT2D eigenvalue weighted by molar-refractivity contribution is 8.00. The molecule has 2 amide bonds. The maximum Gasteiger partial charge on any atom is 0.237 e. The number of nitrogens with zero attached hydrogens (tertiary/aromatic N) is 1. The summed E-state index contributed by atoms with van der Waals surface area (Å²) in [6.07, 6.45) is 2.30. The SMILES string of the molecule is O=C(CCN1C(=O)CSc2ccccc21)NCC(c1ccccc1)c1c[nH]c2ccccc12. The van der Waals surface area contributed by atoms with Crippen LogP contribution < -0.4 is 10.2 Å². The van der Waals surface area contributed by atoms with Gasteiger partial charge in [0, 0.05) is 47.4 Å². The van der Waals surface area contributed by atoms with Crippen LogP contribution in [0.5, 0.6) is 0 Å². The molecule has 1 atom stereocenters. The first-order valence-electron chi connectivity index (χ1n) is 11.1. The van der Waals surface area contributed by atoms with Crippen LogP contribution in [0.15, 0.2) is 90.0 Å². The van der Waals surface area contributed by atoms with E-state index in [4.69, 9.17) is 0 Å². The van der Waals surface area contributed by atoms with Crippen LogP contribution in [-0.4, -0.2) is 35.6 Å². The first-order chi connectivity index (χ1) is 16.2. The van der Waals surface area contributed by atoms with Crippen molar-refractivity contribution in [2.75, 3.05) is 23.7 Å². The molecule has 0 radical (unpaired) electrons. The maximum atomic E-state index is 12.8. The van der Waals surface area contributed by atoms with E-state index in [0.717, 1.165) is 32.6 Å². The molecule has 166 valence electrons. The summed E-state index contributed by atoms with van der Waals surface area (Å²) in [7, 11) is 0. The number of hydrogen-bond acceptors (Lipinski definition) is 3. The molecule has 0 spiro atoms. The highest BCUT2D eigenvalue weighted by Gasteiger charge is 2.25. The van der Waals surface area contributed by atoms with Gasteiger partial charge in [0.1, 0.15) is 0 Å². The molecule has 0 saturated carbocycles. The first-order valence-corrected chi connectivity index (χ1v) is 12.1. The van der Waals surface area contributed by atoms with Gasteiger partial charge >= 0.3 is 0 Å². The van der Waals surface area contributed by atoms with Crippen LogP contribution in [0.4, 0.5) is 5.69 Å². The first kappa shape index (κ1) is 21.3. The van der Waals surface area contributed by atoms with Crippen LogP contribution in [-0.2, 0) is 9.59 Å². The molecule has 6 heteroatoms. The molecule has 1 aliphatic heterocycles. The second kappa shape index (κ2) is 9.55. The number of carbonyl (C=O) groups is 2. The lowest BCUT2D eigenvalue weighted by Gasteiger charge is -2.28. The Balaban J connectivity index is 1.29. The second-order valence-electron chi connectivity index (χ2n) is 8.11. The van der Waals surface area contributed by atoms with Gasteiger partial charge in [-0.05, 0) is 29.3 Å². The van der Waals surface area contributed by atoms with Gasteiger partial charge in [0.05, 0.1) is 11.4 Å². The van der Waals surface area contributed by atoms with Gasteiger partial charge in [-0.15, -0.1) is 11.8 Å². The highest BCUT2D eigenvalue weighted by Crippen LogP contribution is 2.35. The van der Waals surface area contributed by atoms with E-state index in [1.165, 1.54) is 0 Å². The fourth-order valence-electron chi connectivity index (χ4n) is 4.39. The zero-order chi connectivity index (χ0) is 22.6. The molecule has 1 unspecified atom stereocenters. The van der Waals surface area contributed by atoms with E-state index in [1.807, 2.05) is 60.8 Å². The Morgan fingerprint density at radius 1 is 1.00 bits per heavy atom. The van der Waals surface area contributed by atoms with Crippen LogP contribution in [0.25, 0.3) is 10.9 Å². The predicted octanol–water partition coefficient (Wildman–Crippen LogP) is 4.95. The van der Waals surface area contributed by atoms with Gasteiger partial charge in [-0.25, -0.2) is 0 Å². The molecular weight excluding hydrogens is 430 g/mol. The number of hydrogen-bond donors (Lipinski definition) is 2. The molecule has 2 heterocycles. The van der Waals surface area contributed by atoms with Crippen LogP contribution >= 0.6 is 11.8 Å². The third-order valence-corrected chi connectivity index (χ3v) is 7.12. The third-order valence-electron chi connectivity index (χ3n) is 6.07. The Kier molecular flexibility index (Phi) is 6.17. The van der Waals surface area contributed by atoms with Crippen LogP contribution in [0.2, 0.25) is 0 Å². The normalized spacial score (nSPS) is 14.2. The molecule has 0 fully saturated rings. The van der Waals surface area contributed by atoms with Crippen molar-refractivity contribution in [3.05, 3.63) is 96.2 Å². The summed E-state index contributed by atoms with van der Waals surface area (Å²) in [6, 6.07) is 26.3. The zero-order valence-electron chi connectivity index (χ0n) is 18.2. The van der Waals surface area contributed by atoms with Crippen molar-refractivity contribution >= 4 is 40.2 Å². The van der Waals surface area contributed by atoms with E-state index < -0.39 is 0 Å². The molecule has 33 heavy (non-hydrogen) atoms. The second-order valence-corrected chi connectivity index (χ2v) is 9.13. The summed E-state index contributed by atoms with van der Waals surface area (Å²) < 4.78 is 0. The van der Waals surface area contributed by atoms with Crippen molar-refractivity contribution in [3.63, 3.8) is 0 Å². The van der Waals surface area contributed by atoms with Crippen LogP contribution in [0, 0.1) is 0 Å². The molecule has 1 aliphatic rings. The molecule has 5 nitrogen and oxygen atoms in total. The van der Waals surface area contributed by atoms with Gasteiger partial charge < -0.3 is 15.2 Å². The number of fused-ring (bicyclic) bond motifs is 2. The quantitative estimate of drug-likeness (QED) is 0.415. The molecule has 1 aromatic heterocycles. The number of rotatable bonds is 7. The molecule has 4 aromatic rings. The number of aromatic amines is 1. The molecule has 5 rings (SSSR count). The van der Waals surface area contributed by atoms with Crippen molar-refractivity contribution < 1.29 is 9.59 Å². The zero-order valence-corrected chi connectivity index (χ0v) is 19.0. The Bertz CT molecular complexity index is 1280. The number of amides is 2. The molecule has 0 bridgehead atoms. The summed E-state index contributed by atoms with van der Waals surface area (Å²) in [4.78, 5) is 31.5. The lowest BCUT2D eigenvalue weighted by Crippen LogP contribution is -2.39. The predicted molar refractivity (Wildman–Crippen MR) is 134 cm³/mol. The minimum atomic E-state index is -0.0562. The van der Waals surface area contributed by atoms with Gasteiger partial charge in [0.25, 0.3) is 0 Å². The summed E-state index contributed by atoms with van der Waals surface area (Å²) in [6.45, 7) is 0.871. The highest BCUT2D eigenvalue weighted by atomic mass is 32.2. The Morgan fingerprint density at radius 2 is 1.76 bits per heavy atom. The number of aromatic nitrogens is 1. The molecule has 0 saturated heterocycles. The van der Waals surface area contributed by atoms with E-state index in [1.54, 1.807) is 16.7 Å². The van der Waals surface area contributed by atoms with Gasteiger partial charge in [0.15, 0.2) is 0 Å². The Hall–Kier alpha value is -3.51. The Morgan fingerprint density at radius 3 is 2.64 bits per heavy atom. The lowest BCUT2D eigenvalue weighted by atomic mass is 9.91. The van der Waals surface area contributed by atoms with Gasteiger partial charge in [0.2, 0.25) is 11.8 Å². The van der Waals surface area contributed by atoms with E-state index in [2.05, 4.69) is 34.6 Å². The summed E-state index contributed by atoms with van der Waals surface area (Å²) in [5.74, 6) is 0.432. The molecule has 2 N–H and O–H groups in total. The monoisotopic (exact) mass is 455 g/mol. The fourth-order valence-corrected chi connectivity index (χ4v) is 5.33. The number of H-pyrrole nitrogens is 1. The van der Waals surface area contributed by atoms with E-state index >= 15 is 0 Å². The summed E-state index contributed by atoms with van der Waals surface area (Å²) in [5, 5.41) is 4.28. The molecule has 3 aromatic carbocycles. The number of nitrogens with one attached hydrogen (secondary N) is 2. The number of para-hydroxylation sites is 2. The van der Waals surface area contributed by atoms with Crippen molar-refractivity contribution in [1.82, 2.24) is 10.3 Å². The Labute approximate surface area is 197 Å². The lowest BCUT2D eigenvalue weighted by molar-refractivity contribution is -0.121. The fraction of sp³-hybridized carbons (Fsp3) is 0.185. The molecular formula is C27H25N3O2S. The molecule has 0 aliphatic carbocycles. The smallest absolute Gasteiger partial charge is 0.237 e. The minimum absolute atomic E-state index is 0.0278. The van der Waals surface area contributed by atoms with Gasteiger partial charge in [-0.1, -0.05) is 60.7 Å². The number of thioether (sulfide) groups is 1. The third kappa shape index (κ3) is 4.52. The average molecular weight is 456 g/mol.